The van der Waals surface area contributed by atoms with Crippen LogP contribution in [0.25, 0.3) is 0 Å². The maximum atomic E-state index is 12.3. The number of rotatable bonds is 6. The third-order valence-corrected chi connectivity index (χ3v) is 5.94. The number of thioether (sulfide) groups is 1. The van der Waals surface area contributed by atoms with Gasteiger partial charge in [-0.25, -0.2) is 13.1 Å². The van der Waals surface area contributed by atoms with Crippen molar-refractivity contribution in [1.29, 1.82) is 0 Å². The molecule has 108 valence electrons. The van der Waals surface area contributed by atoms with Gasteiger partial charge in [0.2, 0.25) is 10.0 Å². The molecule has 0 aliphatic heterocycles. The Balaban J connectivity index is 3.02. The Labute approximate surface area is 120 Å². The molecular formula is C13H22N2O2S2. The highest BCUT2D eigenvalue weighted by Gasteiger charge is 2.23. The fourth-order valence-electron chi connectivity index (χ4n) is 1.59. The Morgan fingerprint density at radius 3 is 2.53 bits per heavy atom. The van der Waals surface area contributed by atoms with Crippen LogP contribution in [-0.4, -0.2) is 26.0 Å². The Kier molecular flexibility index (Phi) is 5.43. The fourth-order valence-corrected chi connectivity index (χ4v) is 3.40. The smallest absolute Gasteiger partial charge is 0.240 e. The standard InChI is InChI=1S/C13H22N2O2S2/c1-10-11(8-14)6-5-7-12(10)19(16,17)15-9-13(2,3)18-4/h5-7,15H,8-9,14H2,1-4H3. The largest absolute Gasteiger partial charge is 0.326 e. The van der Waals surface area contributed by atoms with Gasteiger partial charge in [0.15, 0.2) is 0 Å². The lowest BCUT2D eigenvalue weighted by Crippen LogP contribution is -2.36. The maximum absolute atomic E-state index is 12.3. The number of benzene rings is 1. The number of sulfonamides is 1. The minimum absolute atomic E-state index is 0.132. The number of hydrogen-bond donors (Lipinski definition) is 2. The summed E-state index contributed by atoms with van der Waals surface area (Å²) in [4.78, 5) is 0.312. The first-order chi connectivity index (χ1) is 8.73. The van der Waals surface area contributed by atoms with Crippen LogP contribution in [-0.2, 0) is 16.6 Å². The Morgan fingerprint density at radius 2 is 2.00 bits per heavy atom. The van der Waals surface area contributed by atoms with Crippen molar-refractivity contribution in [2.24, 2.45) is 5.73 Å². The quantitative estimate of drug-likeness (QED) is 0.841. The molecule has 0 aliphatic carbocycles. The van der Waals surface area contributed by atoms with Gasteiger partial charge in [-0.2, -0.15) is 11.8 Å². The van der Waals surface area contributed by atoms with Crippen LogP contribution in [0.5, 0.6) is 0 Å². The average molecular weight is 302 g/mol. The van der Waals surface area contributed by atoms with Crippen LogP contribution in [0.15, 0.2) is 23.1 Å². The summed E-state index contributed by atoms with van der Waals surface area (Å²) in [6, 6.07) is 5.19. The lowest BCUT2D eigenvalue weighted by molar-refractivity contribution is 0.570. The van der Waals surface area contributed by atoms with E-state index in [9.17, 15) is 8.42 Å². The highest BCUT2D eigenvalue weighted by atomic mass is 32.2. The van der Waals surface area contributed by atoms with Gasteiger partial charge in [0.1, 0.15) is 0 Å². The van der Waals surface area contributed by atoms with Crippen molar-refractivity contribution in [3.63, 3.8) is 0 Å². The van der Waals surface area contributed by atoms with Crippen LogP contribution in [0, 0.1) is 6.92 Å². The van der Waals surface area contributed by atoms with Crippen molar-refractivity contribution in [2.45, 2.75) is 37.0 Å². The van der Waals surface area contributed by atoms with E-state index in [1.807, 2.05) is 26.2 Å². The first-order valence-corrected chi connectivity index (χ1v) is 8.77. The van der Waals surface area contributed by atoms with E-state index in [-0.39, 0.29) is 4.75 Å². The van der Waals surface area contributed by atoms with Crippen molar-refractivity contribution < 1.29 is 8.42 Å². The first kappa shape index (κ1) is 16.5. The molecule has 0 saturated carbocycles. The minimum atomic E-state index is -3.49. The molecule has 1 aromatic carbocycles. The summed E-state index contributed by atoms with van der Waals surface area (Å²) in [5.41, 5.74) is 7.18. The molecule has 19 heavy (non-hydrogen) atoms. The van der Waals surface area contributed by atoms with E-state index in [2.05, 4.69) is 4.72 Å². The van der Waals surface area contributed by atoms with Crippen molar-refractivity contribution in [1.82, 2.24) is 4.72 Å². The van der Waals surface area contributed by atoms with E-state index in [0.717, 1.165) is 11.1 Å². The number of hydrogen-bond acceptors (Lipinski definition) is 4. The second-order valence-electron chi connectivity index (χ2n) is 5.03. The minimum Gasteiger partial charge on any atom is -0.326 e. The summed E-state index contributed by atoms with van der Waals surface area (Å²) < 4.78 is 27.2. The Morgan fingerprint density at radius 1 is 1.37 bits per heavy atom. The molecule has 3 N–H and O–H groups in total. The SMILES string of the molecule is CSC(C)(C)CNS(=O)(=O)c1cccc(CN)c1C. The predicted molar refractivity (Wildman–Crippen MR) is 81.9 cm³/mol. The molecule has 0 heterocycles. The van der Waals surface area contributed by atoms with E-state index in [1.54, 1.807) is 30.8 Å². The molecule has 0 bridgehead atoms. The monoisotopic (exact) mass is 302 g/mol. The average Bonchev–Trinajstić information content (AvgIpc) is 2.37. The second-order valence-corrected chi connectivity index (χ2v) is 8.28. The zero-order valence-electron chi connectivity index (χ0n) is 11.9. The van der Waals surface area contributed by atoms with Gasteiger partial charge in [0.25, 0.3) is 0 Å². The molecule has 6 heteroatoms. The summed E-state index contributed by atoms with van der Waals surface area (Å²) in [6.07, 6.45) is 1.97. The first-order valence-electron chi connectivity index (χ1n) is 6.07. The topological polar surface area (TPSA) is 72.2 Å². The Bertz CT molecular complexity index is 540. The molecule has 0 fully saturated rings. The van der Waals surface area contributed by atoms with Crippen molar-refractivity contribution in [3.05, 3.63) is 29.3 Å². The van der Waals surface area contributed by atoms with Gasteiger partial charge in [0.05, 0.1) is 4.90 Å². The lowest BCUT2D eigenvalue weighted by Gasteiger charge is -2.22. The summed E-state index contributed by atoms with van der Waals surface area (Å²) in [5.74, 6) is 0. The third-order valence-electron chi connectivity index (χ3n) is 3.15. The van der Waals surface area contributed by atoms with Crippen LogP contribution < -0.4 is 10.5 Å². The fraction of sp³-hybridized carbons (Fsp3) is 0.538. The maximum Gasteiger partial charge on any atom is 0.240 e. The van der Waals surface area contributed by atoms with Gasteiger partial charge in [-0.3, -0.25) is 0 Å². The summed E-state index contributed by atoms with van der Waals surface area (Å²) in [6.45, 7) is 6.53. The molecule has 1 aromatic rings. The van der Waals surface area contributed by atoms with Crippen LogP contribution in [0.4, 0.5) is 0 Å². The van der Waals surface area contributed by atoms with Crippen molar-refractivity contribution >= 4 is 21.8 Å². The highest BCUT2D eigenvalue weighted by Crippen LogP contribution is 2.22. The molecule has 0 unspecified atom stereocenters. The van der Waals surface area contributed by atoms with Crippen LogP contribution >= 0.6 is 11.8 Å². The summed E-state index contributed by atoms with van der Waals surface area (Å²) in [7, 11) is -3.49. The van der Waals surface area contributed by atoms with Gasteiger partial charge in [-0.05, 0) is 44.2 Å². The van der Waals surface area contributed by atoms with Crippen molar-refractivity contribution in [3.8, 4) is 0 Å². The third kappa shape index (κ3) is 4.21. The molecule has 0 radical (unpaired) electrons. The molecule has 0 aliphatic rings. The molecule has 4 nitrogen and oxygen atoms in total. The molecule has 0 spiro atoms. The molecule has 0 atom stereocenters. The van der Waals surface area contributed by atoms with Gasteiger partial charge >= 0.3 is 0 Å². The molecule has 0 amide bonds. The van der Waals surface area contributed by atoms with E-state index in [1.165, 1.54) is 0 Å². The zero-order chi connectivity index (χ0) is 14.7. The molecule has 0 aromatic heterocycles. The van der Waals surface area contributed by atoms with Gasteiger partial charge < -0.3 is 5.73 Å². The van der Waals surface area contributed by atoms with Crippen molar-refractivity contribution in [2.75, 3.05) is 12.8 Å². The van der Waals surface area contributed by atoms with Gasteiger partial charge in [-0.1, -0.05) is 12.1 Å². The zero-order valence-corrected chi connectivity index (χ0v) is 13.5. The van der Waals surface area contributed by atoms with Crippen LogP contribution in [0.3, 0.4) is 0 Å². The van der Waals surface area contributed by atoms with Crippen LogP contribution in [0.2, 0.25) is 0 Å². The Hall–Kier alpha value is -0.560. The van der Waals surface area contributed by atoms with E-state index >= 15 is 0 Å². The predicted octanol–water partition coefficient (Wildman–Crippen LogP) is 1.87. The highest BCUT2D eigenvalue weighted by molar-refractivity contribution is 8.00. The van der Waals surface area contributed by atoms with Crippen LogP contribution in [0.1, 0.15) is 25.0 Å². The second kappa shape index (κ2) is 6.26. The molecular weight excluding hydrogens is 280 g/mol. The number of nitrogens with two attached hydrogens (primary N) is 1. The molecule has 1 rings (SSSR count). The van der Waals surface area contributed by atoms with Gasteiger partial charge in [0, 0.05) is 17.8 Å². The van der Waals surface area contributed by atoms with E-state index in [0.29, 0.717) is 18.0 Å². The molecule has 0 saturated heterocycles. The number of nitrogens with one attached hydrogen (secondary N) is 1. The van der Waals surface area contributed by atoms with Gasteiger partial charge in [-0.15, -0.1) is 0 Å². The lowest BCUT2D eigenvalue weighted by atomic mass is 10.1. The summed E-state index contributed by atoms with van der Waals surface area (Å²) >= 11 is 1.63. The summed E-state index contributed by atoms with van der Waals surface area (Å²) in [5, 5.41) is 0. The van der Waals surface area contributed by atoms with E-state index < -0.39 is 10.0 Å². The normalized spacial score (nSPS) is 12.7. The van der Waals surface area contributed by atoms with E-state index in [4.69, 9.17) is 5.73 Å².